The largest absolute Gasteiger partial charge is 0.486 e. The van der Waals surface area contributed by atoms with E-state index < -0.39 is 0 Å². The Morgan fingerprint density at radius 2 is 2.00 bits per heavy atom. The van der Waals surface area contributed by atoms with Gasteiger partial charge in [-0.1, -0.05) is 6.92 Å². The molecule has 3 rings (SSSR count). The molecule has 0 saturated heterocycles. The van der Waals surface area contributed by atoms with E-state index >= 15 is 0 Å². The number of imidazole rings is 1. The van der Waals surface area contributed by atoms with Crippen molar-refractivity contribution in [2.75, 3.05) is 18.9 Å². The molecule has 106 valence electrons. The third kappa shape index (κ3) is 2.09. The van der Waals surface area contributed by atoms with Crippen LogP contribution in [0.15, 0.2) is 18.2 Å². The highest BCUT2D eigenvalue weighted by Gasteiger charge is 2.17. The lowest BCUT2D eigenvalue weighted by Gasteiger charge is -2.18. The van der Waals surface area contributed by atoms with Crippen LogP contribution >= 0.6 is 0 Å². The summed E-state index contributed by atoms with van der Waals surface area (Å²) in [7, 11) is 0. The highest BCUT2D eigenvalue weighted by atomic mass is 16.6. The number of nitrogen functional groups attached to an aromatic ring is 1. The van der Waals surface area contributed by atoms with E-state index in [0.717, 1.165) is 41.5 Å². The number of fused-ring (bicyclic) bond motifs is 1. The zero-order chi connectivity index (χ0) is 14.1. The molecule has 0 radical (unpaired) electrons. The molecule has 2 aromatic rings. The Balaban J connectivity index is 2.03. The van der Waals surface area contributed by atoms with Gasteiger partial charge in [-0.2, -0.15) is 0 Å². The molecule has 0 unspecified atom stereocenters. The number of hydrogen-bond donors (Lipinski definition) is 1. The number of nitrogens with two attached hydrogens (primary N) is 1. The van der Waals surface area contributed by atoms with Gasteiger partial charge >= 0.3 is 0 Å². The maximum absolute atomic E-state index is 6.23. The van der Waals surface area contributed by atoms with Crippen molar-refractivity contribution in [2.45, 2.75) is 26.8 Å². The molecule has 5 nitrogen and oxygen atoms in total. The summed E-state index contributed by atoms with van der Waals surface area (Å²) in [6.45, 7) is 6.17. The van der Waals surface area contributed by atoms with Gasteiger partial charge in [0.25, 0.3) is 0 Å². The second-order valence-electron chi connectivity index (χ2n) is 4.90. The van der Waals surface area contributed by atoms with Crippen LogP contribution in [0.4, 0.5) is 5.82 Å². The van der Waals surface area contributed by atoms with Crippen LogP contribution in [0.5, 0.6) is 11.5 Å². The van der Waals surface area contributed by atoms with Gasteiger partial charge in [0.2, 0.25) is 0 Å². The summed E-state index contributed by atoms with van der Waals surface area (Å²) in [5.41, 5.74) is 8.00. The van der Waals surface area contributed by atoms with Crippen molar-refractivity contribution in [1.29, 1.82) is 0 Å². The Morgan fingerprint density at radius 3 is 2.75 bits per heavy atom. The molecule has 0 amide bonds. The van der Waals surface area contributed by atoms with Crippen LogP contribution in [-0.4, -0.2) is 22.8 Å². The molecular formula is C15H19N3O2. The quantitative estimate of drug-likeness (QED) is 0.933. The Morgan fingerprint density at radius 1 is 1.25 bits per heavy atom. The number of rotatable bonds is 3. The van der Waals surface area contributed by atoms with Crippen molar-refractivity contribution in [3.05, 3.63) is 24.0 Å². The summed E-state index contributed by atoms with van der Waals surface area (Å²) < 4.78 is 13.2. The van der Waals surface area contributed by atoms with E-state index in [1.54, 1.807) is 0 Å². The van der Waals surface area contributed by atoms with Crippen LogP contribution in [-0.2, 0) is 6.54 Å². The molecule has 1 aromatic carbocycles. The first-order valence-electron chi connectivity index (χ1n) is 6.93. The predicted octanol–water partition coefficient (Wildman–Crippen LogP) is 2.62. The Kier molecular flexibility index (Phi) is 3.26. The van der Waals surface area contributed by atoms with Gasteiger partial charge in [0.15, 0.2) is 11.5 Å². The molecule has 0 bridgehead atoms. The molecule has 0 saturated carbocycles. The summed E-state index contributed by atoms with van der Waals surface area (Å²) >= 11 is 0. The lowest BCUT2D eigenvalue weighted by atomic mass is 10.1. The third-order valence-corrected chi connectivity index (χ3v) is 3.46. The fourth-order valence-electron chi connectivity index (χ4n) is 2.49. The Hall–Kier alpha value is -2.17. The van der Waals surface area contributed by atoms with Gasteiger partial charge in [-0.05, 0) is 31.5 Å². The van der Waals surface area contributed by atoms with Gasteiger partial charge in [-0.15, -0.1) is 0 Å². The Bertz CT molecular complexity index is 634. The molecule has 20 heavy (non-hydrogen) atoms. The minimum atomic E-state index is 0.579. The van der Waals surface area contributed by atoms with Gasteiger partial charge in [0.1, 0.15) is 30.5 Å². The first-order chi connectivity index (χ1) is 9.70. The van der Waals surface area contributed by atoms with Gasteiger partial charge in [0.05, 0.1) is 0 Å². The molecule has 0 aliphatic carbocycles. The first kappa shape index (κ1) is 12.8. The molecule has 2 N–H and O–H groups in total. The zero-order valence-corrected chi connectivity index (χ0v) is 11.8. The number of nitrogens with zero attached hydrogens (tertiary/aromatic N) is 2. The third-order valence-electron chi connectivity index (χ3n) is 3.46. The maximum Gasteiger partial charge on any atom is 0.162 e. The van der Waals surface area contributed by atoms with E-state index in [0.29, 0.717) is 19.0 Å². The van der Waals surface area contributed by atoms with Crippen LogP contribution in [0.1, 0.15) is 19.2 Å². The normalized spacial score (nSPS) is 13.5. The fraction of sp³-hybridized carbons (Fsp3) is 0.400. The van der Waals surface area contributed by atoms with Gasteiger partial charge < -0.3 is 19.8 Å². The van der Waals surface area contributed by atoms with Crippen molar-refractivity contribution in [2.24, 2.45) is 0 Å². The molecular weight excluding hydrogens is 254 g/mol. The molecule has 0 fully saturated rings. The number of aromatic nitrogens is 2. The van der Waals surface area contributed by atoms with E-state index in [9.17, 15) is 0 Å². The van der Waals surface area contributed by atoms with Gasteiger partial charge in [0, 0.05) is 12.1 Å². The second kappa shape index (κ2) is 5.07. The van der Waals surface area contributed by atoms with Crippen LogP contribution in [0.3, 0.4) is 0 Å². The van der Waals surface area contributed by atoms with E-state index in [4.69, 9.17) is 15.2 Å². The Labute approximate surface area is 118 Å². The highest BCUT2D eigenvalue weighted by Crippen LogP contribution is 2.36. The first-order valence-corrected chi connectivity index (χ1v) is 6.93. The number of anilines is 1. The maximum atomic E-state index is 6.23. The SMILES string of the molecule is CCCn1c(C)nc(-c2ccc3c(c2)OCCO3)c1N. The summed E-state index contributed by atoms with van der Waals surface area (Å²) in [6.07, 6.45) is 1.03. The lowest BCUT2D eigenvalue weighted by molar-refractivity contribution is 0.171. The zero-order valence-electron chi connectivity index (χ0n) is 11.8. The van der Waals surface area contributed by atoms with Crippen molar-refractivity contribution in [3.8, 4) is 22.8 Å². The molecule has 1 aliphatic rings. The predicted molar refractivity (Wildman–Crippen MR) is 78.1 cm³/mol. The van der Waals surface area contributed by atoms with Crippen molar-refractivity contribution in [3.63, 3.8) is 0 Å². The minimum absolute atomic E-state index is 0.579. The van der Waals surface area contributed by atoms with Crippen LogP contribution in [0, 0.1) is 6.92 Å². The minimum Gasteiger partial charge on any atom is -0.486 e. The molecule has 1 aliphatic heterocycles. The lowest BCUT2D eigenvalue weighted by Crippen LogP contribution is -2.15. The van der Waals surface area contributed by atoms with Gasteiger partial charge in [-0.3, -0.25) is 0 Å². The standard InChI is InChI=1S/C15H19N3O2/c1-3-6-18-10(2)17-14(15(18)16)11-4-5-12-13(9-11)20-8-7-19-12/h4-5,9H,3,6-8,16H2,1-2H3. The van der Waals surface area contributed by atoms with Gasteiger partial charge in [-0.25, -0.2) is 4.98 Å². The summed E-state index contributed by atoms with van der Waals surface area (Å²) in [4.78, 5) is 4.59. The van der Waals surface area contributed by atoms with Crippen LogP contribution in [0.25, 0.3) is 11.3 Å². The number of benzene rings is 1. The number of ether oxygens (including phenoxy) is 2. The molecule has 0 spiro atoms. The van der Waals surface area contributed by atoms with E-state index in [-0.39, 0.29) is 0 Å². The van der Waals surface area contributed by atoms with Crippen LogP contribution < -0.4 is 15.2 Å². The van der Waals surface area contributed by atoms with E-state index in [2.05, 4.69) is 11.9 Å². The van der Waals surface area contributed by atoms with Crippen molar-refractivity contribution >= 4 is 5.82 Å². The fourth-order valence-corrected chi connectivity index (χ4v) is 2.49. The van der Waals surface area contributed by atoms with Crippen molar-refractivity contribution < 1.29 is 9.47 Å². The van der Waals surface area contributed by atoms with E-state index in [1.165, 1.54) is 0 Å². The highest BCUT2D eigenvalue weighted by molar-refractivity contribution is 5.73. The summed E-state index contributed by atoms with van der Waals surface area (Å²) in [5, 5.41) is 0. The van der Waals surface area contributed by atoms with Crippen LogP contribution in [0.2, 0.25) is 0 Å². The van der Waals surface area contributed by atoms with E-state index in [1.807, 2.05) is 29.7 Å². The topological polar surface area (TPSA) is 62.3 Å². The average molecular weight is 273 g/mol. The average Bonchev–Trinajstić information content (AvgIpc) is 2.75. The second-order valence-corrected chi connectivity index (χ2v) is 4.90. The molecule has 1 aromatic heterocycles. The molecule has 0 atom stereocenters. The number of aryl methyl sites for hydroxylation is 1. The smallest absolute Gasteiger partial charge is 0.162 e. The number of hydrogen-bond acceptors (Lipinski definition) is 4. The summed E-state index contributed by atoms with van der Waals surface area (Å²) in [6, 6.07) is 5.84. The summed E-state index contributed by atoms with van der Waals surface area (Å²) in [5.74, 6) is 3.19. The molecule has 2 heterocycles. The van der Waals surface area contributed by atoms with Crippen molar-refractivity contribution in [1.82, 2.24) is 9.55 Å². The molecule has 5 heteroatoms. The monoisotopic (exact) mass is 273 g/mol.